The van der Waals surface area contributed by atoms with Gasteiger partial charge in [0.15, 0.2) is 15.5 Å². The molecule has 0 atom stereocenters. The summed E-state index contributed by atoms with van der Waals surface area (Å²) in [5, 5.41) is 7.89. The van der Waals surface area contributed by atoms with E-state index in [1.54, 1.807) is 28.8 Å². The number of carbonyl (C=O) groups is 1. The van der Waals surface area contributed by atoms with Crippen molar-refractivity contribution in [3.63, 3.8) is 0 Å². The van der Waals surface area contributed by atoms with E-state index in [1.165, 1.54) is 6.26 Å². The minimum absolute atomic E-state index is 0.278. The largest absolute Gasteiger partial charge is 0.369 e. The maximum absolute atomic E-state index is 11.8. The summed E-state index contributed by atoms with van der Waals surface area (Å²) in [6.45, 7) is 4.04. The molecular formula is C25H26N6O3S. The second kappa shape index (κ2) is 9.47. The van der Waals surface area contributed by atoms with Crippen LogP contribution in [0.1, 0.15) is 0 Å². The van der Waals surface area contributed by atoms with Crippen LogP contribution in [0.15, 0.2) is 71.6 Å². The molecule has 1 fully saturated rings. The van der Waals surface area contributed by atoms with Gasteiger partial charge in [-0.2, -0.15) is 4.98 Å². The third-order valence-electron chi connectivity index (χ3n) is 6.13. The van der Waals surface area contributed by atoms with E-state index >= 15 is 0 Å². The molecule has 0 spiro atoms. The van der Waals surface area contributed by atoms with Crippen LogP contribution in [0.5, 0.6) is 0 Å². The van der Waals surface area contributed by atoms with Gasteiger partial charge in [-0.15, -0.1) is 5.10 Å². The molecule has 180 valence electrons. The normalized spacial score (nSPS) is 14.8. The first kappa shape index (κ1) is 23.0. The van der Waals surface area contributed by atoms with E-state index < -0.39 is 9.84 Å². The van der Waals surface area contributed by atoms with Crippen molar-refractivity contribution in [1.82, 2.24) is 19.5 Å². The molecule has 2 aromatic heterocycles. The molecule has 1 saturated heterocycles. The Morgan fingerprint density at radius 2 is 1.66 bits per heavy atom. The predicted molar refractivity (Wildman–Crippen MR) is 136 cm³/mol. The molecule has 1 aliphatic heterocycles. The van der Waals surface area contributed by atoms with Crippen molar-refractivity contribution in [3.05, 3.63) is 66.7 Å². The van der Waals surface area contributed by atoms with E-state index in [4.69, 9.17) is 0 Å². The van der Waals surface area contributed by atoms with Gasteiger partial charge in [-0.05, 0) is 48.5 Å². The second-order valence-corrected chi connectivity index (χ2v) is 10.6. The zero-order chi connectivity index (χ0) is 24.4. The van der Waals surface area contributed by atoms with Crippen molar-refractivity contribution in [2.75, 3.05) is 49.2 Å². The zero-order valence-electron chi connectivity index (χ0n) is 19.3. The molecule has 5 rings (SSSR count). The Bertz CT molecular complexity index is 1440. The highest BCUT2D eigenvalue weighted by Gasteiger charge is 2.17. The number of nitrogens with zero attached hydrogens (tertiary/aromatic N) is 5. The van der Waals surface area contributed by atoms with Crippen molar-refractivity contribution in [3.8, 4) is 11.3 Å². The van der Waals surface area contributed by atoms with Crippen LogP contribution in [-0.2, 0) is 14.6 Å². The molecule has 0 amide bonds. The van der Waals surface area contributed by atoms with E-state index in [-0.39, 0.29) is 4.90 Å². The fourth-order valence-electron chi connectivity index (χ4n) is 4.23. The van der Waals surface area contributed by atoms with Gasteiger partial charge in [-0.25, -0.2) is 12.9 Å². The van der Waals surface area contributed by atoms with Crippen LogP contribution < -0.4 is 10.2 Å². The molecular weight excluding hydrogens is 464 g/mol. The number of rotatable bonds is 7. The zero-order valence-corrected chi connectivity index (χ0v) is 20.1. The molecule has 10 heteroatoms. The number of benzene rings is 2. The van der Waals surface area contributed by atoms with Crippen LogP contribution in [0.4, 0.5) is 17.3 Å². The maximum atomic E-state index is 11.8. The average molecular weight is 491 g/mol. The monoisotopic (exact) mass is 490 g/mol. The lowest BCUT2D eigenvalue weighted by Gasteiger charge is -2.35. The number of carbonyl (C=O) groups excluding carboxylic acids is 1. The second-order valence-electron chi connectivity index (χ2n) is 8.54. The van der Waals surface area contributed by atoms with Crippen LogP contribution in [-0.4, -0.2) is 73.2 Å². The van der Waals surface area contributed by atoms with Crippen molar-refractivity contribution in [1.29, 1.82) is 0 Å². The molecule has 0 bridgehead atoms. The van der Waals surface area contributed by atoms with E-state index in [0.717, 1.165) is 55.1 Å². The third-order valence-corrected chi connectivity index (χ3v) is 7.26. The van der Waals surface area contributed by atoms with Crippen molar-refractivity contribution in [2.45, 2.75) is 4.90 Å². The lowest BCUT2D eigenvalue weighted by atomic mass is 10.1. The average Bonchev–Trinajstić information content (AvgIpc) is 3.27. The number of piperazine rings is 1. The van der Waals surface area contributed by atoms with Crippen LogP contribution in [0.3, 0.4) is 0 Å². The minimum atomic E-state index is -3.25. The number of hydrogen-bond acceptors (Lipinski definition) is 8. The number of nitrogens with one attached hydrogen (secondary N) is 1. The van der Waals surface area contributed by atoms with Gasteiger partial charge in [0.05, 0.1) is 17.1 Å². The molecule has 1 aliphatic rings. The highest BCUT2D eigenvalue weighted by molar-refractivity contribution is 7.90. The van der Waals surface area contributed by atoms with E-state index in [9.17, 15) is 13.2 Å². The summed E-state index contributed by atoms with van der Waals surface area (Å²) >= 11 is 0. The Labute approximate surface area is 203 Å². The fraction of sp³-hybridized carbons (Fsp3) is 0.240. The Balaban J connectivity index is 1.32. The lowest BCUT2D eigenvalue weighted by Crippen LogP contribution is -2.46. The molecule has 0 saturated carbocycles. The molecule has 9 nitrogen and oxygen atoms in total. The van der Waals surface area contributed by atoms with Crippen molar-refractivity contribution in [2.24, 2.45) is 0 Å². The van der Waals surface area contributed by atoms with Gasteiger partial charge >= 0.3 is 0 Å². The van der Waals surface area contributed by atoms with Crippen LogP contribution in [0, 0.1) is 0 Å². The molecule has 3 heterocycles. The standard InChI is InChI=1S/C25H26N6O3S/c1-35(33,34)22-11-5-19(6-12-22)23-3-2-4-24-27-25(28-31(23)24)26-20-7-9-21(10-8-20)30-15-13-29(14-16-30)17-18-32/h2-12,18H,13-17H2,1H3,(H,26,28). The number of hydrogen-bond donors (Lipinski definition) is 1. The Morgan fingerprint density at radius 1 is 0.943 bits per heavy atom. The number of fused-ring (bicyclic) bond motifs is 1. The highest BCUT2D eigenvalue weighted by Crippen LogP contribution is 2.25. The van der Waals surface area contributed by atoms with Crippen molar-refractivity contribution >= 4 is 39.1 Å². The molecule has 1 N–H and O–H groups in total. The van der Waals surface area contributed by atoms with Gasteiger partial charge in [0.25, 0.3) is 0 Å². The number of pyridine rings is 1. The van der Waals surface area contributed by atoms with Gasteiger partial charge in [-0.1, -0.05) is 18.2 Å². The Hall–Kier alpha value is -3.76. The Kier molecular flexibility index (Phi) is 6.23. The summed E-state index contributed by atoms with van der Waals surface area (Å²) in [7, 11) is -3.25. The van der Waals surface area contributed by atoms with Gasteiger partial charge in [-0.3, -0.25) is 4.90 Å². The van der Waals surface area contributed by atoms with E-state index in [0.29, 0.717) is 18.1 Å². The van der Waals surface area contributed by atoms with Gasteiger partial charge in [0, 0.05) is 49.4 Å². The fourth-order valence-corrected chi connectivity index (χ4v) is 4.86. The van der Waals surface area contributed by atoms with Gasteiger partial charge < -0.3 is 15.0 Å². The van der Waals surface area contributed by atoms with Crippen molar-refractivity contribution < 1.29 is 13.2 Å². The summed E-state index contributed by atoms with van der Waals surface area (Å²) in [4.78, 5) is 20.0. The summed E-state index contributed by atoms with van der Waals surface area (Å²) in [5.41, 5.74) is 4.36. The van der Waals surface area contributed by atoms with E-state index in [1.807, 2.05) is 30.3 Å². The first-order valence-corrected chi connectivity index (χ1v) is 13.2. The molecule has 0 radical (unpaired) electrons. The molecule has 0 unspecified atom stereocenters. The number of sulfone groups is 1. The summed E-state index contributed by atoms with van der Waals surface area (Å²) in [5.74, 6) is 0.473. The Morgan fingerprint density at radius 3 is 2.31 bits per heavy atom. The van der Waals surface area contributed by atoms with Gasteiger partial charge in [0.2, 0.25) is 5.95 Å². The topological polar surface area (TPSA) is 99.9 Å². The molecule has 35 heavy (non-hydrogen) atoms. The molecule has 0 aliphatic carbocycles. The summed E-state index contributed by atoms with van der Waals surface area (Å²) in [6.07, 6.45) is 2.15. The maximum Gasteiger partial charge on any atom is 0.247 e. The van der Waals surface area contributed by atoms with E-state index in [2.05, 4.69) is 37.3 Å². The molecule has 4 aromatic rings. The lowest BCUT2D eigenvalue weighted by molar-refractivity contribution is -0.108. The highest BCUT2D eigenvalue weighted by atomic mass is 32.2. The van der Waals surface area contributed by atoms with Crippen LogP contribution in [0.2, 0.25) is 0 Å². The quantitative estimate of drug-likeness (QED) is 0.395. The number of aldehydes is 1. The molecule has 2 aromatic carbocycles. The third kappa shape index (κ3) is 5.03. The smallest absolute Gasteiger partial charge is 0.247 e. The van der Waals surface area contributed by atoms with Crippen LogP contribution in [0.25, 0.3) is 16.9 Å². The minimum Gasteiger partial charge on any atom is -0.369 e. The summed E-state index contributed by atoms with van der Waals surface area (Å²) in [6, 6.07) is 20.6. The SMILES string of the molecule is CS(=O)(=O)c1ccc(-c2cccc3nc(Nc4ccc(N5CCN(CC=O)CC5)cc4)nn23)cc1. The number of anilines is 3. The predicted octanol–water partition coefficient (Wildman–Crippen LogP) is 2.86. The van der Waals surface area contributed by atoms with Crippen LogP contribution >= 0.6 is 0 Å². The first-order valence-electron chi connectivity index (χ1n) is 11.3. The summed E-state index contributed by atoms with van der Waals surface area (Å²) < 4.78 is 25.3. The van der Waals surface area contributed by atoms with Gasteiger partial charge in [0.1, 0.15) is 6.29 Å². The number of aromatic nitrogens is 3. The first-order chi connectivity index (χ1) is 16.9.